The summed E-state index contributed by atoms with van der Waals surface area (Å²) in [7, 11) is 0. The second-order valence-electron chi connectivity index (χ2n) is 8.55. The Kier molecular flexibility index (Phi) is 4.62. The summed E-state index contributed by atoms with van der Waals surface area (Å²) in [5.74, 6) is -3.91. The highest BCUT2D eigenvalue weighted by Gasteiger charge is 2.70. The number of carboxylic acid groups (broad SMARTS) is 1. The average Bonchev–Trinajstić information content (AvgIpc) is 3.10. The predicted molar refractivity (Wildman–Crippen MR) is 98.5 cm³/mol. The third-order valence-corrected chi connectivity index (χ3v) is 6.02. The van der Waals surface area contributed by atoms with Crippen LogP contribution >= 0.6 is 0 Å². The number of aliphatic carboxylic acids is 1. The van der Waals surface area contributed by atoms with Crippen molar-refractivity contribution in [2.45, 2.75) is 58.2 Å². The van der Waals surface area contributed by atoms with Gasteiger partial charge in [0.2, 0.25) is 11.8 Å². The van der Waals surface area contributed by atoms with Crippen molar-refractivity contribution in [2.24, 2.45) is 17.8 Å². The number of likely N-dealkylation sites (tertiary alicyclic amines) is 1. The molecule has 2 amide bonds. The summed E-state index contributed by atoms with van der Waals surface area (Å²) in [5, 5.41) is 13.4. The Bertz CT molecular complexity index is 773. The summed E-state index contributed by atoms with van der Waals surface area (Å²) in [6.45, 7) is 9.08. The van der Waals surface area contributed by atoms with Crippen molar-refractivity contribution in [3.8, 4) is 0 Å². The molecule has 0 radical (unpaired) electrons. The molecule has 2 aliphatic rings. The van der Waals surface area contributed by atoms with Crippen LogP contribution in [0.15, 0.2) is 24.4 Å². The van der Waals surface area contributed by atoms with Gasteiger partial charge in [-0.05, 0) is 38.8 Å². The van der Waals surface area contributed by atoms with E-state index in [1.807, 2.05) is 13.8 Å². The van der Waals surface area contributed by atoms with Gasteiger partial charge >= 0.3 is 5.97 Å². The molecule has 0 aliphatic carbocycles. The molecule has 3 rings (SSSR count). The number of hydrogen-bond donors (Lipinski definition) is 2. The quantitative estimate of drug-likeness (QED) is 0.783. The number of hydrogen-bond acceptors (Lipinski definition) is 5. The molecule has 1 aromatic heterocycles. The number of carbonyl (C=O) groups is 3. The van der Waals surface area contributed by atoms with Crippen molar-refractivity contribution in [3.05, 3.63) is 30.1 Å². The summed E-state index contributed by atoms with van der Waals surface area (Å²) in [6.07, 6.45) is 2.17. The van der Waals surface area contributed by atoms with E-state index in [2.05, 4.69) is 10.3 Å². The maximum Gasteiger partial charge on any atom is 0.325 e. The molecule has 27 heavy (non-hydrogen) atoms. The first-order valence-corrected chi connectivity index (χ1v) is 9.37. The lowest BCUT2D eigenvalue weighted by atomic mass is 9.72. The molecule has 5 unspecified atom stereocenters. The van der Waals surface area contributed by atoms with Crippen molar-refractivity contribution < 1.29 is 19.5 Å². The second kappa shape index (κ2) is 6.41. The van der Waals surface area contributed by atoms with Crippen LogP contribution in [0.5, 0.6) is 0 Å². The van der Waals surface area contributed by atoms with Crippen LogP contribution in [0.1, 0.15) is 52.8 Å². The first kappa shape index (κ1) is 19.5. The third-order valence-electron chi connectivity index (χ3n) is 6.02. The minimum Gasteiger partial charge on any atom is -0.480 e. The molecule has 0 bridgehead atoms. The van der Waals surface area contributed by atoms with Gasteiger partial charge in [0.15, 0.2) is 0 Å². The molecule has 0 spiro atoms. The van der Waals surface area contributed by atoms with Gasteiger partial charge in [-0.15, -0.1) is 0 Å². The third kappa shape index (κ3) is 2.67. The molecule has 5 atom stereocenters. The molecule has 1 aromatic rings. The number of rotatable bonds is 4. The van der Waals surface area contributed by atoms with Gasteiger partial charge in [-0.1, -0.05) is 26.3 Å². The zero-order valence-electron chi connectivity index (χ0n) is 16.4. The fourth-order valence-corrected chi connectivity index (χ4v) is 4.60. The molecule has 2 N–H and O–H groups in total. The molecule has 7 nitrogen and oxygen atoms in total. The predicted octanol–water partition coefficient (Wildman–Crippen LogP) is 2.00. The Morgan fingerprint density at radius 3 is 2.48 bits per heavy atom. The van der Waals surface area contributed by atoms with Gasteiger partial charge in [-0.2, -0.15) is 0 Å². The van der Waals surface area contributed by atoms with Crippen molar-refractivity contribution in [3.63, 3.8) is 0 Å². The minimum atomic E-state index is -1.51. The SMILES string of the molecule is CCC(C)C1(C(=O)O)NC(c2ccccn2)C2C(=O)N(C(C)(C)C)C(=O)C21. The molecular weight excluding hydrogens is 346 g/mol. The summed E-state index contributed by atoms with van der Waals surface area (Å²) < 4.78 is 0. The Labute approximate surface area is 159 Å². The summed E-state index contributed by atoms with van der Waals surface area (Å²) >= 11 is 0. The lowest BCUT2D eigenvalue weighted by Gasteiger charge is -2.38. The van der Waals surface area contributed by atoms with Gasteiger partial charge in [-0.25, -0.2) is 0 Å². The highest BCUT2D eigenvalue weighted by Crippen LogP contribution is 2.52. The van der Waals surface area contributed by atoms with Crippen molar-refractivity contribution in [2.75, 3.05) is 0 Å². The van der Waals surface area contributed by atoms with Crippen LogP contribution in [0, 0.1) is 17.8 Å². The van der Waals surface area contributed by atoms with Gasteiger partial charge < -0.3 is 5.11 Å². The Balaban J connectivity index is 2.21. The number of amides is 2. The van der Waals surface area contributed by atoms with E-state index in [9.17, 15) is 19.5 Å². The lowest BCUT2D eigenvalue weighted by molar-refractivity contribution is -0.156. The number of nitrogens with one attached hydrogen (secondary N) is 1. The Hall–Kier alpha value is -2.28. The molecule has 2 saturated heterocycles. The number of carbonyl (C=O) groups excluding carboxylic acids is 2. The van der Waals surface area contributed by atoms with E-state index < -0.39 is 40.8 Å². The summed E-state index contributed by atoms with van der Waals surface area (Å²) in [4.78, 5) is 44.7. The average molecular weight is 373 g/mol. The maximum absolute atomic E-state index is 13.3. The topological polar surface area (TPSA) is 99.6 Å². The first-order valence-electron chi connectivity index (χ1n) is 9.37. The number of nitrogens with zero attached hydrogens (tertiary/aromatic N) is 2. The highest BCUT2D eigenvalue weighted by atomic mass is 16.4. The largest absolute Gasteiger partial charge is 0.480 e. The van der Waals surface area contributed by atoms with E-state index in [4.69, 9.17) is 0 Å². The zero-order valence-corrected chi connectivity index (χ0v) is 16.4. The number of aromatic nitrogens is 1. The lowest BCUT2D eigenvalue weighted by Crippen LogP contribution is -2.60. The molecule has 0 aromatic carbocycles. The van der Waals surface area contributed by atoms with E-state index in [1.54, 1.807) is 45.2 Å². The van der Waals surface area contributed by atoms with Gasteiger partial charge in [0.1, 0.15) is 5.54 Å². The first-order chi connectivity index (χ1) is 12.6. The van der Waals surface area contributed by atoms with Crippen LogP contribution < -0.4 is 5.32 Å². The van der Waals surface area contributed by atoms with Crippen molar-refractivity contribution in [1.82, 2.24) is 15.2 Å². The van der Waals surface area contributed by atoms with Crippen LogP contribution in [0.4, 0.5) is 0 Å². The van der Waals surface area contributed by atoms with E-state index in [-0.39, 0.29) is 11.8 Å². The monoisotopic (exact) mass is 373 g/mol. The number of fused-ring (bicyclic) bond motifs is 1. The maximum atomic E-state index is 13.3. The van der Waals surface area contributed by atoms with Gasteiger partial charge in [0, 0.05) is 11.7 Å². The molecular formula is C20H27N3O4. The molecule has 0 saturated carbocycles. The van der Waals surface area contributed by atoms with Crippen molar-refractivity contribution in [1.29, 1.82) is 0 Å². The highest BCUT2D eigenvalue weighted by molar-refractivity contribution is 6.10. The normalized spacial score (nSPS) is 31.9. The Morgan fingerprint density at radius 1 is 1.33 bits per heavy atom. The molecule has 2 aliphatic heterocycles. The van der Waals surface area contributed by atoms with E-state index in [0.29, 0.717) is 12.1 Å². The number of carboxylic acids is 1. The molecule has 7 heteroatoms. The fourth-order valence-electron chi connectivity index (χ4n) is 4.60. The minimum absolute atomic E-state index is 0.327. The van der Waals surface area contributed by atoms with E-state index >= 15 is 0 Å². The van der Waals surface area contributed by atoms with Crippen LogP contribution in [-0.2, 0) is 14.4 Å². The van der Waals surface area contributed by atoms with Gasteiger partial charge in [0.25, 0.3) is 0 Å². The second-order valence-corrected chi connectivity index (χ2v) is 8.55. The fraction of sp³-hybridized carbons (Fsp3) is 0.600. The van der Waals surface area contributed by atoms with Gasteiger partial charge in [-0.3, -0.25) is 29.6 Å². The van der Waals surface area contributed by atoms with Crippen LogP contribution in [0.3, 0.4) is 0 Å². The van der Waals surface area contributed by atoms with Crippen LogP contribution in [-0.4, -0.2) is 43.9 Å². The summed E-state index contributed by atoms with van der Waals surface area (Å²) in [6, 6.07) is 4.70. The van der Waals surface area contributed by atoms with Crippen LogP contribution in [0.2, 0.25) is 0 Å². The van der Waals surface area contributed by atoms with E-state index in [1.165, 1.54) is 4.90 Å². The molecule has 3 heterocycles. The van der Waals surface area contributed by atoms with Gasteiger partial charge in [0.05, 0.1) is 23.6 Å². The van der Waals surface area contributed by atoms with Crippen molar-refractivity contribution >= 4 is 17.8 Å². The smallest absolute Gasteiger partial charge is 0.325 e. The van der Waals surface area contributed by atoms with Crippen LogP contribution in [0.25, 0.3) is 0 Å². The number of imide groups is 1. The molecule has 2 fully saturated rings. The zero-order chi connectivity index (χ0) is 20.1. The van der Waals surface area contributed by atoms with E-state index in [0.717, 1.165) is 0 Å². The number of pyridine rings is 1. The Morgan fingerprint density at radius 2 is 2.00 bits per heavy atom. The molecule has 146 valence electrons. The standard InChI is InChI=1S/C20H27N3O4/c1-6-11(2)20(18(26)27)14-13(15(22-20)12-9-7-8-10-21-12)16(24)23(17(14)25)19(3,4)5/h7-11,13-15,22H,6H2,1-5H3,(H,26,27). The summed E-state index contributed by atoms with van der Waals surface area (Å²) in [5.41, 5.74) is -1.64.